The Kier molecular flexibility index (Phi) is 21.4. The highest BCUT2D eigenvalue weighted by molar-refractivity contribution is 4.82. The van der Waals surface area contributed by atoms with Crippen LogP contribution in [0.25, 0.3) is 0 Å². The number of hydrogen-bond donors (Lipinski definition) is 4. The van der Waals surface area contributed by atoms with E-state index in [1.165, 1.54) is 83.5 Å². The van der Waals surface area contributed by atoms with Crippen LogP contribution in [0.1, 0.15) is 104 Å². The maximum atomic E-state index is 9.88. The van der Waals surface area contributed by atoms with Crippen molar-refractivity contribution in [2.45, 2.75) is 115 Å². The van der Waals surface area contributed by atoms with Gasteiger partial charge in [0.2, 0.25) is 0 Å². The molecule has 4 N–H and O–H groups in total. The molecule has 0 aromatic heterocycles. The lowest BCUT2D eigenvalue weighted by molar-refractivity contribution is 0.0236. The van der Waals surface area contributed by atoms with Crippen LogP contribution in [-0.4, -0.2) is 59.9 Å². The molecule has 0 rings (SSSR count). The second kappa shape index (κ2) is 21.8. The molecule has 0 fully saturated rings. The van der Waals surface area contributed by atoms with Gasteiger partial charge in [-0.3, -0.25) is 0 Å². The van der Waals surface area contributed by atoms with Gasteiger partial charge in [-0.1, -0.05) is 76.9 Å². The highest BCUT2D eigenvalue weighted by Crippen LogP contribution is 2.10. The summed E-state index contributed by atoms with van der Waals surface area (Å²) in [5, 5.41) is 31.2. The molecule has 0 amide bonds. The van der Waals surface area contributed by atoms with Gasteiger partial charge in [-0.25, -0.2) is 0 Å². The summed E-state index contributed by atoms with van der Waals surface area (Å²) in [5.74, 6) is 0. The second-order valence-corrected chi connectivity index (χ2v) is 8.92. The number of nitrogens with one attached hydrogen (secondary N) is 1. The predicted molar refractivity (Wildman–Crippen MR) is 127 cm³/mol. The van der Waals surface area contributed by atoms with Gasteiger partial charge in [-0.15, -0.1) is 0 Å². The SMILES string of the molecule is CCCCCCCCC=CCCCCCCCCOCC(O)CNC(C)(CO)CO. The quantitative estimate of drug-likeness (QED) is 0.139. The van der Waals surface area contributed by atoms with Crippen molar-refractivity contribution in [2.24, 2.45) is 0 Å². The largest absolute Gasteiger partial charge is 0.394 e. The van der Waals surface area contributed by atoms with E-state index >= 15 is 0 Å². The number of β-amino-alcohol motifs (C(OH)–C–C–N with tert-alkyl or cyclic N) is 1. The summed E-state index contributed by atoms with van der Waals surface area (Å²) >= 11 is 0. The van der Waals surface area contributed by atoms with E-state index in [0.29, 0.717) is 13.2 Å². The molecule has 0 heterocycles. The predicted octanol–water partition coefficient (Wildman–Crippen LogP) is 4.73. The van der Waals surface area contributed by atoms with E-state index in [4.69, 9.17) is 4.74 Å². The zero-order valence-corrected chi connectivity index (χ0v) is 19.9. The smallest absolute Gasteiger partial charge is 0.0897 e. The molecule has 1 atom stereocenters. The minimum atomic E-state index is -0.759. The number of rotatable bonds is 23. The van der Waals surface area contributed by atoms with Gasteiger partial charge in [0.25, 0.3) is 0 Å². The van der Waals surface area contributed by atoms with Crippen molar-refractivity contribution in [3.05, 3.63) is 12.2 Å². The summed E-state index contributed by atoms with van der Waals surface area (Å²) in [5.41, 5.74) is -0.759. The first kappa shape index (κ1) is 29.5. The standard InChI is InChI=1S/C25H51NO4/c1-3-4-5-6-7-8-9-10-11-12-13-14-15-16-17-18-19-30-21-24(29)20-26-25(2,22-27)23-28/h10-11,24,26-29H,3-9,12-23H2,1-2H3. The molecule has 0 aromatic rings. The number of unbranched alkanes of at least 4 members (excludes halogenated alkanes) is 12. The van der Waals surface area contributed by atoms with Gasteiger partial charge >= 0.3 is 0 Å². The van der Waals surface area contributed by atoms with Crippen LogP contribution in [-0.2, 0) is 4.74 Å². The first-order chi connectivity index (χ1) is 14.6. The fourth-order valence-corrected chi connectivity index (χ4v) is 3.26. The third kappa shape index (κ3) is 19.5. The van der Waals surface area contributed by atoms with Gasteiger partial charge in [0.05, 0.1) is 31.5 Å². The van der Waals surface area contributed by atoms with E-state index in [2.05, 4.69) is 24.4 Å². The molecule has 5 nitrogen and oxygen atoms in total. The van der Waals surface area contributed by atoms with Crippen LogP contribution in [0, 0.1) is 0 Å². The number of aliphatic hydroxyl groups excluding tert-OH is 3. The van der Waals surface area contributed by atoms with Crippen molar-refractivity contribution in [3.63, 3.8) is 0 Å². The Hall–Kier alpha value is -0.460. The maximum Gasteiger partial charge on any atom is 0.0897 e. The van der Waals surface area contributed by atoms with Gasteiger partial charge in [0.1, 0.15) is 0 Å². The topological polar surface area (TPSA) is 82.0 Å². The van der Waals surface area contributed by atoms with Crippen molar-refractivity contribution in [3.8, 4) is 0 Å². The van der Waals surface area contributed by atoms with E-state index in [1.807, 2.05) is 0 Å². The Morgan fingerprint density at radius 3 is 1.83 bits per heavy atom. The highest BCUT2D eigenvalue weighted by atomic mass is 16.5. The molecule has 180 valence electrons. The van der Waals surface area contributed by atoms with Crippen LogP contribution < -0.4 is 5.32 Å². The Morgan fingerprint density at radius 2 is 1.30 bits per heavy atom. The van der Waals surface area contributed by atoms with E-state index in [1.54, 1.807) is 6.92 Å². The second-order valence-electron chi connectivity index (χ2n) is 8.92. The molecule has 0 aliphatic carbocycles. The fourth-order valence-electron chi connectivity index (χ4n) is 3.26. The highest BCUT2D eigenvalue weighted by Gasteiger charge is 2.22. The molecule has 0 aliphatic heterocycles. The molecule has 0 saturated carbocycles. The molecular formula is C25H51NO4. The average molecular weight is 430 g/mol. The lowest BCUT2D eigenvalue weighted by Crippen LogP contribution is -2.52. The molecule has 0 saturated heterocycles. The van der Waals surface area contributed by atoms with Gasteiger partial charge in [-0.05, 0) is 39.0 Å². The number of ether oxygens (including phenoxy) is 1. The normalized spacial score (nSPS) is 13.4. The third-order valence-electron chi connectivity index (χ3n) is 5.57. The molecule has 5 heteroatoms. The summed E-state index contributed by atoms with van der Waals surface area (Å²) in [4.78, 5) is 0. The lowest BCUT2D eigenvalue weighted by Gasteiger charge is -2.27. The first-order valence-corrected chi connectivity index (χ1v) is 12.5. The summed E-state index contributed by atoms with van der Waals surface area (Å²) in [6, 6.07) is 0. The Labute approximate surface area is 186 Å². The Bertz CT molecular complexity index is 372. The van der Waals surface area contributed by atoms with Crippen molar-refractivity contribution >= 4 is 0 Å². The van der Waals surface area contributed by atoms with Gasteiger partial charge in [0, 0.05) is 13.2 Å². The molecule has 0 bridgehead atoms. The monoisotopic (exact) mass is 429 g/mol. The van der Waals surface area contributed by atoms with Crippen LogP contribution in [0.2, 0.25) is 0 Å². The molecule has 0 aromatic carbocycles. The lowest BCUT2D eigenvalue weighted by atomic mass is 10.1. The van der Waals surface area contributed by atoms with Gasteiger partial charge in [0.15, 0.2) is 0 Å². The average Bonchev–Trinajstić information content (AvgIpc) is 2.76. The summed E-state index contributed by atoms with van der Waals surface area (Å²) in [6.07, 6.45) is 22.2. The number of aliphatic hydroxyl groups is 3. The van der Waals surface area contributed by atoms with Crippen molar-refractivity contribution in [2.75, 3.05) is 33.0 Å². The van der Waals surface area contributed by atoms with Crippen LogP contribution >= 0.6 is 0 Å². The van der Waals surface area contributed by atoms with Crippen molar-refractivity contribution in [1.29, 1.82) is 0 Å². The summed E-state index contributed by atoms with van der Waals surface area (Å²) < 4.78 is 5.52. The molecule has 0 spiro atoms. The Balaban J connectivity index is 3.30. The number of hydrogen-bond acceptors (Lipinski definition) is 5. The van der Waals surface area contributed by atoms with Crippen LogP contribution in [0.5, 0.6) is 0 Å². The fraction of sp³-hybridized carbons (Fsp3) is 0.920. The number of allylic oxidation sites excluding steroid dienone is 2. The van der Waals surface area contributed by atoms with E-state index in [-0.39, 0.29) is 19.8 Å². The summed E-state index contributed by atoms with van der Waals surface area (Å²) in [6.45, 7) is 4.89. The van der Waals surface area contributed by atoms with Crippen LogP contribution in [0.4, 0.5) is 0 Å². The minimum Gasteiger partial charge on any atom is -0.394 e. The Morgan fingerprint density at radius 1 is 0.800 bits per heavy atom. The maximum absolute atomic E-state index is 9.88. The van der Waals surface area contributed by atoms with Crippen LogP contribution in [0.15, 0.2) is 12.2 Å². The van der Waals surface area contributed by atoms with E-state index in [0.717, 1.165) is 6.42 Å². The molecule has 30 heavy (non-hydrogen) atoms. The third-order valence-corrected chi connectivity index (χ3v) is 5.57. The van der Waals surface area contributed by atoms with E-state index in [9.17, 15) is 15.3 Å². The van der Waals surface area contributed by atoms with Crippen LogP contribution in [0.3, 0.4) is 0 Å². The molecule has 0 radical (unpaired) electrons. The molecular weight excluding hydrogens is 378 g/mol. The first-order valence-electron chi connectivity index (χ1n) is 12.5. The minimum absolute atomic E-state index is 0.174. The zero-order chi connectivity index (χ0) is 22.3. The van der Waals surface area contributed by atoms with Gasteiger partial charge < -0.3 is 25.4 Å². The van der Waals surface area contributed by atoms with Crippen molar-refractivity contribution in [1.82, 2.24) is 5.32 Å². The molecule has 0 aliphatic rings. The molecule has 1 unspecified atom stereocenters. The summed E-state index contributed by atoms with van der Waals surface area (Å²) in [7, 11) is 0. The zero-order valence-electron chi connectivity index (χ0n) is 19.9. The van der Waals surface area contributed by atoms with Gasteiger partial charge in [-0.2, -0.15) is 0 Å². The van der Waals surface area contributed by atoms with E-state index < -0.39 is 11.6 Å². The van der Waals surface area contributed by atoms with Crippen molar-refractivity contribution < 1.29 is 20.1 Å².